The van der Waals surface area contributed by atoms with Gasteiger partial charge >= 0.3 is 0 Å². The van der Waals surface area contributed by atoms with Gasteiger partial charge in [0.15, 0.2) is 9.84 Å². The molecule has 1 aromatic heterocycles. The van der Waals surface area contributed by atoms with Crippen molar-refractivity contribution < 1.29 is 13.2 Å². The predicted octanol–water partition coefficient (Wildman–Crippen LogP) is 2.09. The Bertz CT molecular complexity index is 576. The van der Waals surface area contributed by atoms with Crippen LogP contribution in [-0.4, -0.2) is 43.8 Å². The maximum atomic E-state index is 12.4. The van der Waals surface area contributed by atoms with E-state index in [-0.39, 0.29) is 11.9 Å². The van der Waals surface area contributed by atoms with E-state index in [1.807, 2.05) is 17.7 Å². The topological polar surface area (TPSA) is 54.5 Å². The summed E-state index contributed by atoms with van der Waals surface area (Å²) in [6, 6.07) is -0.193. The van der Waals surface area contributed by atoms with Gasteiger partial charge in [0.25, 0.3) is 5.91 Å². The Morgan fingerprint density at radius 2 is 2.05 bits per heavy atom. The normalized spacial score (nSPS) is 23.5. The number of hydrogen-bond donors (Lipinski definition) is 0. The molecule has 0 unspecified atom stereocenters. The Labute approximate surface area is 118 Å². The predicted molar refractivity (Wildman–Crippen MR) is 77.4 cm³/mol. The minimum atomic E-state index is -3.10. The molecule has 19 heavy (non-hydrogen) atoms. The van der Waals surface area contributed by atoms with Crippen molar-refractivity contribution in [3.05, 3.63) is 21.9 Å². The van der Waals surface area contributed by atoms with Crippen LogP contribution in [0.15, 0.2) is 10.8 Å². The molecule has 4 nitrogen and oxygen atoms in total. The molecule has 2 atom stereocenters. The second-order valence-corrected chi connectivity index (χ2v) is 8.26. The third kappa shape index (κ3) is 2.84. The third-order valence-electron chi connectivity index (χ3n) is 3.87. The number of carbonyl (C=O) groups excluding carboxylic acids is 1. The first-order valence-electron chi connectivity index (χ1n) is 6.31. The van der Waals surface area contributed by atoms with Crippen molar-refractivity contribution in [2.45, 2.75) is 37.5 Å². The van der Waals surface area contributed by atoms with Gasteiger partial charge in [-0.15, -0.1) is 0 Å². The van der Waals surface area contributed by atoms with Gasteiger partial charge in [0.1, 0.15) is 0 Å². The lowest BCUT2D eigenvalue weighted by atomic mass is 10.1. The van der Waals surface area contributed by atoms with E-state index in [0.29, 0.717) is 12.0 Å². The van der Waals surface area contributed by atoms with Gasteiger partial charge in [-0.3, -0.25) is 4.79 Å². The fraction of sp³-hybridized carbons (Fsp3) is 0.615. The van der Waals surface area contributed by atoms with Gasteiger partial charge in [0, 0.05) is 24.7 Å². The highest BCUT2D eigenvalue weighted by Crippen LogP contribution is 2.30. The average Bonchev–Trinajstić information content (AvgIpc) is 2.94. The zero-order chi connectivity index (χ0) is 14.2. The number of sulfone groups is 1. The van der Waals surface area contributed by atoms with Gasteiger partial charge in [0.05, 0.1) is 10.8 Å². The molecule has 1 amide bonds. The molecule has 1 aliphatic rings. The van der Waals surface area contributed by atoms with Gasteiger partial charge in [-0.25, -0.2) is 8.42 Å². The standard InChI is InChI=1S/C13H19NO3S2/c1-9-7-18-8-10(9)13(15)14(2)11-5-4-6-12(11)19(3,16)17/h7-8,11-12H,4-6H2,1-3H3/t11-,12+/m0/s1. The van der Waals surface area contributed by atoms with Crippen molar-refractivity contribution in [3.63, 3.8) is 0 Å². The van der Waals surface area contributed by atoms with E-state index >= 15 is 0 Å². The van der Waals surface area contributed by atoms with Crippen LogP contribution in [-0.2, 0) is 9.84 Å². The zero-order valence-corrected chi connectivity index (χ0v) is 13.1. The summed E-state index contributed by atoms with van der Waals surface area (Å²) in [5.41, 5.74) is 1.64. The van der Waals surface area contributed by atoms with E-state index in [1.165, 1.54) is 17.6 Å². The monoisotopic (exact) mass is 301 g/mol. The molecule has 0 aromatic carbocycles. The first kappa shape index (κ1) is 14.5. The van der Waals surface area contributed by atoms with E-state index in [4.69, 9.17) is 0 Å². The molecule has 1 saturated carbocycles. The summed E-state index contributed by atoms with van der Waals surface area (Å²) in [4.78, 5) is 14.0. The van der Waals surface area contributed by atoms with Crippen LogP contribution in [0.2, 0.25) is 0 Å². The quantitative estimate of drug-likeness (QED) is 0.859. The van der Waals surface area contributed by atoms with E-state index in [1.54, 1.807) is 11.9 Å². The van der Waals surface area contributed by atoms with E-state index in [9.17, 15) is 13.2 Å². The van der Waals surface area contributed by atoms with Crippen molar-refractivity contribution in [1.82, 2.24) is 4.90 Å². The van der Waals surface area contributed by atoms with Crippen molar-refractivity contribution in [2.75, 3.05) is 13.3 Å². The number of hydrogen-bond acceptors (Lipinski definition) is 4. The van der Waals surface area contributed by atoms with E-state index in [2.05, 4.69) is 0 Å². The molecule has 1 heterocycles. The van der Waals surface area contributed by atoms with Gasteiger partial charge in [-0.1, -0.05) is 0 Å². The first-order valence-corrected chi connectivity index (χ1v) is 9.21. The second-order valence-electron chi connectivity index (χ2n) is 5.25. The van der Waals surface area contributed by atoms with Gasteiger partial charge in [-0.2, -0.15) is 11.3 Å². The minimum absolute atomic E-state index is 0.0701. The Morgan fingerprint density at radius 3 is 2.58 bits per heavy atom. The summed E-state index contributed by atoms with van der Waals surface area (Å²) in [7, 11) is -1.38. The average molecular weight is 301 g/mol. The number of amides is 1. The van der Waals surface area contributed by atoms with Crippen LogP contribution in [0.4, 0.5) is 0 Å². The molecule has 106 valence electrons. The van der Waals surface area contributed by atoms with Crippen molar-refractivity contribution >= 4 is 27.1 Å². The molecule has 0 saturated heterocycles. The van der Waals surface area contributed by atoms with Gasteiger partial charge in [-0.05, 0) is 37.1 Å². The van der Waals surface area contributed by atoms with Crippen LogP contribution in [0, 0.1) is 6.92 Å². The zero-order valence-electron chi connectivity index (χ0n) is 11.4. The van der Waals surface area contributed by atoms with Crippen LogP contribution in [0.3, 0.4) is 0 Å². The number of thiophene rings is 1. The Morgan fingerprint density at radius 1 is 1.37 bits per heavy atom. The van der Waals surface area contributed by atoms with Crippen LogP contribution in [0.25, 0.3) is 0 Å². The smallest absolute Gasteiger partial charge is 0.254 e. The van der Waals surface area contributed by atoms with Crippen LogP contribution >= 0.6 is 11.3 Å². The van der Waals surface area contributed by atoms with Crippen LogP contribution in [0.5, 0.6) is 0 Å². The molecule has 2 rings (SSSR count). The molecule has 0 N–H and O–H groups in total. The molecule has 0 spiro atoms. The summed E-state index contributed by atoms with van der Waals surface area (Å²) in [6.45, 7) is 1.90. The molecular weight excluding hydrogens is 282 g/mol. The number of carbonyl (C=O) groups is 1. The summed E-state index contributed by atoms with van der Waals surface area (Å²) in [5.74, 6) is -0.0701. The second kappa shape index (κ2) is 5.25. The van der Waals surface area contributed by atoms with Crippen molar-refractivity contribution in [3.8, 4) is 0 Å². The SMILES string of the molecule is Cc1cscc1C(=O)N(C)[C@H]1CCC[C@H]1S(C)(=O)=O. The minimum Gasteiger partial charge on any atom is -0.337 e. The number of aryl methyl sites for hydroxylation is 1. The highest BCUT2D eigenvalue weighted by Gasteiger charge is 2.39. The largest absolute Gasteiger partial charge is 0.337 e. The molecular formula is C13H19NO3S2. The summed E-state index contributed by atoms with van der Waals surface area (Å²) < 4.78 is 23.6. The van der Waals surface area contributed by atoms with E-state index < -0.39 is 15.1 Å². The Balaban J connectivity index is 2.22. The molecule has 1 fully saturated rings. The maximum absolute atomic E-state index is 12.4. The molecule has 0 radical (unpaired) electrons. The fourth-order valence-corrected chi connectivity index (χ4v) is 5.08. The number of rotatable bonds is 3. The maximum Gasteiger partial charge on any atom is 0.254 e. The van der Waals surface area contributed by atoms with Gasteiger partial charge in [0.2, 0.25) is 0 Å². The lowest BCUT2D eigenvalue weighted by molar-refractivity contribution is 0.0737. The molecule has 1 aliphatic carbocycles. The van der Waals surface area contributed by atoms with Gasteiger partial charge < -0.3 is 4.90 Å². The fourth-order valence-electron chi connectivity index (χ4n) is 2.77. The summed E-state index contributed by atoms with van der Waals surface area (Å²) in [6.07, 6.45) is 3.56. The summed E-state index contributed by atoms with van der Waals surface area (Å²) in [5, 5.41) is 3.35. The molecule has 6 heteroatoms. The number of nitrogens with zero attached hydrogens (tertiary/aromatic N) is 1. The molecule has 1 aromatic rings. The van der Waals surface area contributed by atoms with Crippen LogP contribution < -0.4 is 0 Å². The third-order valence-corrected chi connectivity index (χ3v) is 6.38. The highest BCUT2D eigenvalue weighted by atomic mass is 32.2. The lowest BCUT2D eigenvalue weighted by Crippen LogP contribution is -2.44. The Hall–Kier alpha value is -0.880. The molecule has 0 bridgehead atoms. The van der Waals surface area contributed by atoms with Crippen molar-refractivity contribution in [1.29, 1.82) is 0 Å². The van der Waals surface area contributed by atoms with Crippen LogP contribution in [0.1, 0.15) is 35.2 Å². The van der Waals surface area contributed by atoms with Crippen molar-refractivity contribution in [2.24, 2.45) is 0 Å². The molecule has 0 aliphatic heterocycles. The first-order chi connectivity index (χ1) is 8.82. The van der Waals surface area contributed by atoms with E-state index in [0.717, 1.165) is 18.4 Å². The Kier molecular flexibility index (Phi) is 4.01. The lowest BCUT2D eigenvalue weighted by Gasteiger charge is -2.28. The highest BCUT2D eigenvalue weighted by molar-refractivity contribution is 7.91. The summed E-state index contributed by atoms with van der Waals surface area (Å²) >= 11 is 1.50.